The minimum atomic E-state index is -0.256. The molecule has 0 aliphatic heterocycles. The molecule has 0 spiro atoms. The molecule has 1 aromatic carbocycles. The molecule has 0 saturated heterocycles. The number of anilines is 1. The van der Waals surface area contributed by atoms with Crippen LogP contribution in [0.4, 0.5) is 5.69 Å². The largest absolute Gasteiger partial charge is 0.497 e. The van der Waals surface area contributed by atoms with Gasteiger partial charge in [-0.2, -0.15) is 0 Å². The number of aliphatic hydroxyl groups is 1. The zero-order chi connectivity index (χ0) is 10.4. The molecule has 1 rings (SSSR count). The first kappa shape index (κ1) is 10.9. The fraction of sp³-hybridized carbons (Fsp3) is 0.455. The molecule has 0 fully saturated rings. The van der Waals surface area contributed by atoms with Crippen LogP contribution in [0.2, 0.25) is 0 Å². The zero-order valence-corrected chi connectivity index (χ0v) is 8.66. The van der Waals surface area contributed by atoms with Gasteiger partial charge in [0, 0.05) is 18.3 Å². The van der Waals surface area contributed by atoms with E-state index in [-0.39, 0.29) is 6.10 Å². The molecular weight excluding hydrogens is 178 g/mol. The quantitative estimate of drug-likeness (QED) is 0.753. The number of benzene rings is 1. The molecular formula is C11H17NO2. The Morgan fingerprint density at radius 3 is 2.93 bits per heavy atom. The van der Waals surface area contributed by atoms with Crippen LogP contribution in [0.25, 0.3) is 0 Å². The number of hydrogen-bond acceptors (Lipinski definition) is 3. The third kappa shape index (κ3) is 3.66. The second-order valence-electron chi connectivity index (χ2n) is 3.30. The Morgan fingerprint density at radius 1 is 1.50 bits per heavy atom. The third-order valence-corrected chi connectivity index (χ3v) is 1.96. The highest BCUT2D eigenvalue weighted by Gasteiger charge is 1.97. The van der Waals surface area contributed by atoms with Gasteiger partial charge in [-0.1, -0.05) is 6.07 Å². The van der Waals surface area contributed by atoms with E-state index in [1.807, 2.05) is 24.3 Å². The second kappa shape index (κ2) is 5.50. The van der Waals surface area contributed by atoms with Crippen LogP contribution < -0.4 is 10.1 Å². The molecule has 1 atom stereocenters. The van der Waals surface area contributed by atoms with Gasteiger partial charge in [0.15, 0.2) is 0 Å². The zero-order valence-electron chi connectivity index (χ0n) is 8.66. The Morgan fingerprint density at radius 2 is 2.29 bits per heavy atom. The standard InChI is InChI=1S/C11H17NO2/c1-9(13)6-7-12-10-4-3-5-11(8-10)14-2/h3-5,8-9,12-13H,6-7H2,1-2H3. The van der Waals surface area contributed by atoms with E-state index >= 15 is 0 Å². The lowest BCUT2D eigenvalue weighted by atomic mass is 10.2. The van der Waals surface area contributed by atoms with Crippen molar-refractivity contribution in [3.8, 4) is 5.75 Å². The molecule has 0 radical (unpaired) electrons. The minimum absolute atomic E-state index is 0.256. The molecule has 0 aliphatic rings. The van der Waals surface area contributed by atoms with Gasteiger partial charge in [0.25, 0.3) is 0 Å². The van der Waals surface area contributed by atoms with Crippen molar-refractivity contribution in [2.24, 2.45) is 0 Å². The Kier molecular flexibility index (Phi) is 4.26. The molecule has 14 heavy (non-hydrogen) atoms. The van der Waals surface area contributed by atoms with Crippen molar-refractivity contribution in [1.82, 2.24) is 0 Å². The molecule has 0 aromatic heterocycles. The van der Waals surface area contributed by atoms with E-state index in [1.165, 1.54) is 0 Å². The lowest BCUT2D eigenvalue weighted by molar-refractivity contribution is 0.189. The first-order valence-corrected chi connectivity index (χ1v) is 4.78. The molecule has 0 bridgehead atoms. The maximum Gasteiger partial charge on any atom is 0.120 e. The number of nitrogens with one attached hydrogen (secondary N) is 1. The Labute approximate surface area is 84.7 Å². The molecule has 78 valence electrons. The number of ether oxygens (including phenoxy) is 1. The Balaban J connectivity index is 2.42. The smallest absolute Gasteiger partial charge is 0.120 e. The van der Waals surface area contributed by atoms with Crippen molar-refractivity contribution in [2.45, 2.75) is 19.4 Å². The van der Waals surface area contributed by atoms with E-state index in [2.05, 4.69) is 5.32 Å². The van der Waals surface area contributed by atoms with Crippen LogP contribution in [0.5, 0.6) is 5.75 Å². The number of rotatable bonds is 5. The second-order valence-corrected chi connectivity index (χ2v) is 3.30. The van der Waals surface area contributed by atoms with E-state index in [9.17, 15) is 0 Å². The van der Waals surface area contributed by atoms with Crippen molar-refractivity contribution in [2.75, 3.05) is 19.0 Å². The molecule has 2 N–H and O–H groups in total. The van der Waals surface area contributed by atoms with Gasteiger partial charge in [-0.3, -0.25) is 0 Å². The third-order valence-electron chi connectivity index (χ3n) is 1.96. The van der Waals surface area contributed by atoms with Crippen LogP contribution in [0.3, 0.4) is 0 Å². The van der Waals surface area contributed by atoms with Crippen molar-refractivity contribution in [3.05, 3.63) is 24.3 Å². The average Bonchev–Trinajstić information content (AvgIpc) is 2.18. The van der Waals surface area contributed by atoms with Gasteiger partial charge in [-0.25, -0.2) is 0 Å². The summed E-state index contributed by atoms with van der Waals surface area (Å²) in [6.07, 6.45) is 0.491. The molecule has 0 aliphatic carbocycles. The summed E-state index contributed by atoms with van der Waals surface area (Å²) < 4.78 is 5.09. The van der Waals surface area contributed by atoms with Gasteiger partial charge in [-0.05, 0) is 25.5 Å². The molecule has 3 nitrogen and oxygen atoms in total. The first-order valence-electron chi connectivity index (χ1n) is 4.78. The van der Waals surface area contributed by atoms with E-state index in [0.29, 0.717) is 0 Å². The van der Waals surface area contributed by atoms with Crippen LogP contribution in [-0.2, 0) is 0 Å². The van der Waals surface area contributed by atoms with Gasteiger partial charge in [0.05, 0.1) is 13.2 Å². The van der Waals surface area contributed by atoms with Crippen LogP contribution in [0.1, 0.15) is 13.3 Å². The lowest BCUT2D eigenvalue weighted by Gasteiger charge is -2.08. The predicted octanol–water partition coefficient (Wildman–Crippen LogP) is 1.88. The number of methoxy groups -OCH3 is 1. The summed E-state index contributed by atoms with van der Waals surface area (Å²) in [6, 6.07) is 7.75. The first-order chi connectivity index (χ1) is 6.72. The highest BCUT2D eigenvalue weighted by molar-refractivity contribution is 5.47. The lowest BCUT2D eigenvalue weighted by Crippen LogP contribution is -2.09. The summed E-state index contributed by atoms with van der Waals surface area (Å²) in [4.78, 5) is 0. The topological polar surface area (TPSA) is 41.5 Å². The average molecular weight is 195 g/mol. The maximum atomic E-state index is 9.07. The van der Waals surface area contributed by atoms with Gasteiger partial charge in [0.2, 0.25) is 0 Å². The highest BCUT2D eigenvalue weighted by Crippen LogP contribution is 2.16. The van der Waals surface area contributed by atoms with E-state index in [0.717, 1.165) is 24.4 Å². The summed E-state index contributed by atoms with van der Waals surface area (Å²) in [5, 5.41) is 12.3. The monoisotopic (exact) mass is 195 g/mol. The van der Waals surface area contributed by atoms with Crippen LogP contribution in [0.15, 0.2) is 24.3 Å². The summed E-state index contributed by atoms with van der Waals surface area (Å²) in [5.41, 5.74) is 1.02. The fourth-order valence-electron chi connectivity index (χ4n) is 1.16. The maximum absolute atomic E-state index is 9.07. The number of aliphatic hydroxyl groups excluding tert-OH is 1. The van der Waals surface area contributed by atoms with Crippen LogP contribution in [-0.4, -0.2) is 24.9 Å². The molecule has 1 unspecified atom stereocenters. The summed E-state index contributed by atoms with van der Waals surface area (Å²) in [7, 11) is 1.65. The SMILES string of the molecule is COc1cccc(NCCC(C)O)c1. The summed E-state index contributed by atoms with van der Waals surface area (Å²) in [5.74, 6) is 0.840. The van der Waals surface area contributed by atoms with E-state index in [1.54, 1.807) is 14.0 Å². The molecule has 1 aromatic rings. The normalized spacial score (nSPS) is 12.2. The molecule has 0 amide bonds. The van der Waals surface area contributed by atoms with Crippen molar-refractivity contribution in [1.29, 1.82) is 0 Å². The highest BCUT2D eigenvalue weighted by atomic mass is 16.5. The van der Waals surface area contributed by atoms with Gasteiger partial charge < -0.3 is 15.2 Å². The van der Waals surface area contributed by atoms with Gasteiger partial charge >= 0.3 is 0 Å². The Hall–Kier alpha value is -1.22. The Bertz CT molecular complexity index is 274. The minimum Gasteiger partial charge on any atom is -0.497 e. The van der Waals surface area contributed by atoms with Crippen molar-refractivity contribution in [3.63, 3.8) is 0 Å². The van der Waals surface area contributed by atoms with Gasteiger partial charge in [0.1, 0.15) is 5.75 Å². The molecule has 3 heteroatoms. The number of hydrogen-bond donors (Lipinski definition) is 2. The summed E-state index contributed by atoms with van der Waals surface area (Å²) >= 11 is 0. The van der Waals surface area contributed by atoms with Crippen molar-refractivity contribution < 1.29 is 9.84 Å². The van der Waals surface area contributed by atoms with Crippen molar-refractivity contribution >= 4 is 5.69 Å². The fourth-order valence-corrected chi connectivity index (χ4v) is 1.16. The van der Waals surface area contributed by atoms with E-state index in [4.69, 9.17) is 9.84 Å². The van der Waals surface area contributed by atoms with Crippen LogP contribution in [0, 0.1) is 0 Å². The van der Waals surface area contributed by atoms with Crippen LogP contribution >= 0.6 is 0 Å². The van der Waals surface area contributed by atoms with Gasteiger partial charge in [-0.15, -0.1) is 0 Å². The predicted molar refractivity (Wildman–Crippen MR) is 57.8 cm³/mol. The van der Waals surface area contributed by atoms with E-state index < -0.39 is 0 Å². The molecule has 0 heterocycles. The molecule has 0 saturated carbocycles. The summed E-state index contributed by atoms with van der Waals surface area (Å²) in [6.45, 7) is 2.55.